The molecule has 0 unspecified atom stereocenters. The third-order valence-electron chi connectivity index (χ3n) is 3.03. The number of carbonyl (C=O) groups excluding carboxylic acids is 2. The molecule has 0 aliphatic heterocycles. The molecule has 0 heterocycles. The van der Waals surface area contributed by atoms with Crippen LogP contribution in [0.25, 0.3) is 0 Å². The molecule has 0 aliphatic rings. The van der Waals surface area contributed by atoms with E-state index in [2.05, 4.69) is 5.32 Å². The molecule has 0 aromatic heterocycles. The van der Waals surface area contributed by atoms with E-state index in [1.165, 1.54) is 0 Å². The van der Waals surface area contributed by atoms with Crippen LogP contribution in [0, 0.1) is 0 Å². The number of hydrogen-bond acceptors (Lipinski definition) is 4. The maximum atomic E-state index is 11.7. The van der Waals surface area contributed by atoms with Gasteiger partial charge < -0.3 is 14.8 Å². The van der Waals surface area contributed by atoms with Gasteiger partial charge in [0.05, 0.1) is 6.61 Å². The standard InChI is InChI=1S/C18H18ClNO4/c19-14-8-10-15(11-9-14)20-17(21)13-24-18(22)7-4-12-23-16-5-2-1-3-6-16/h1-3,5-6,8-11H,4,7,12-13H2,(H,20,21). The first-order valence-electron chi connectivity index (χ1n) is 7.52. The van der Waals surface area contributed by atoms with Crippen molar-refractivity contribution in [3.63, 3.8) is 0 Å². The second-order valence-corrected chi connectivity index (χ2v) is 5.42. The molecule has 2 aromatic carbocycles. The molecule has 0 saturated heterocycles. The molecule has 0 radical (unpaired) electrons. The molecule has 1 N–H and O–H groups in total. The van der Waals surface area contributed by atoms with E-state index in [-0.39, 0.29) is 13.0 Å². The van der Waals surface area contributed by atoms with Crippen molar-refractivity contribution in [2.45, 2.75) is 12.8 Å². The Labute approximate surface area is 145 Å². The highest BCUT2D eigenvalue weighted by atomic mass is 35.5. The van der Waals surface area contributed by atoms with Gasteiger partial charge in [0.25, 0.3) is 5.91 Å². The quantitative estimate of drug-likeness (QED) is 0.584. The van der Waals surface area contributed by atoms with E-state index in [0.717, 1.165) is 5.75 Å². The van der Waals surface area contributed by atoms with Crippen LogP contribution in [0.2, 0.25) is 5.02 Å². The Balaban J connectivity index is 1.58. The molecule has 24 heavy (non-hydrogen) atoms. The van der Waals surface area contributed by atoms with Gasteiger partial charge in [-0.15, -0.1) is 0 Å². The van der Waals surface area contributed by atoms with Gasteiger partial charge in [-0.2, -0.15) is 0 Å². The molecule has 5 nitrogen and oxygen atoms in total. The van der Waals surface area contributed by atoms with E-state index in [9.17, 15) is 9.59 Å². The Morgan fingerprint density at radius 3 is 2.42 bits per heavy atom. The number of rotatable bonds is 8. The van der Waals surface area contributed by atoms with Crippen molar-refractivity contribution in [1.29, 1.82) is 0 Å². The van der Waals surface area contributed by atoms with Crippen molar-refractivity contribution in [2.24, 2.45) is 0 Å². The lowest BCUT2D eigenvalue weighted by Gasteiger charge is -2.07. The monoisotopic (exact) mass is 347 g/mol. The first kappa shape index (κ1) is 17.8. The lowest BCUT2D eigenvalue weighted by molar-refractivity contribution is -0.147. The van der Waals surface area contributed by atoms with E-state index in [4.69, 9.17) is 21.1 Å². The highest BCUT2D eigenvalue weighted by Gasteiger charge is 2.08. The SMILES string of the molecule is O=C(COC(=O)CCCOc1ccccc1)Nc1ccc(Cl)cc1. The summed E-state index contributed by atoms with van der Waals surface area (Å²) in [4.78, 5) is 23.3. The number of amides is 1. The third kappa shape index (κ3) is 6.71. The minimum Gasteiger partial charge on any atom is -0.494 e. The van der Waals surface area contributed by atoms with Crippen molar-refractivity contribution in [2.75, 3.05) is 18.5 Å². The van der Waals surface area contributed by atoms with Crippen LogP contribution in [-0.4, -0.2) is 25.1 Å². The van der Waals surface area contributed by atoms with Gasteiger partial charge in [0.1, 0.15) is 5.75 Å². The summed E-state index contributed by atoms with van der Waals surface area (Å²) in [5, 5.41) is 3.19. The number of nitrogens with one attached hydrogen (secondary N) is 1. The molecule has 0 atom stereocenters. The van der Waals surface area contributed by atoms with Crippen molar-refractivity contribution in [1.82, 2.24) is 0 Å². The van der Waals surface area contributed by atoms with Crippen molar-refractivity contribution < 1.29 is 19.1 Å². The number of para-hydroxylation sites is 1. The summed E-state index contributed by atoms with van der Waals surface area (Å²) in [5.74, 6) is -0.0719. The Morgan fingerprint density at radius 1 is 1.00 bits per heavy atom. The van der Waals surface area contributed by atoms with Crippen LogP contribution in [0.4, 0.5) is 5.69 Å². The number of esters is 1. The molecular weight excluding hydrogens is 330 g/mol. The molecule has 0 spiro atoms. The summed E-state index contributed by atoms with van der Waals surface area (Å²) in [6, 6.07) is 16.0. The molecule has 0 bridgehead atoms. The summed E-state index contributed by atoms with van der Waals surface area (Å²) in [6.45, 7) is 0.0943. The fourth-order valence-electron chi connectivity index (χ4n) is 1.87. The molecule has 126 valence electrons. The van der Waals surface area contributed by atoms with Gasteiger partial charge in [0.15, 0.2) is 6.61 Å². The normalized spacial score (nSPS) is 10.0. The Morgan fingerprint density at radius 2 is 1.71 bits per heavy atom. The minimum atomic E-state index is -0.432. The average Bonchev–Trinajstić information content (AvgIpc) is 2.60. The third-order valence-corrected chi connectivity index (χ3v) is 3.28. The zero-order chi connectivity index (χ0) is 17.2. The van der Waals surface area contributed by atoms with Gasteiger partial charge in [-0.3, -0.25) is 9.59 Å². The van der Waals surface area contributed by atoms with E-state index < -0.39 is 11.9 Å². The van der Waals surface area contributed by atoms with Crippen LogP contribution < -0.4 is 10.1 Å². The summed E-state index contributed by atoms with van der Waals surface area (Å²) < 4.78 is 10.4. The van der Waals surface area contributed by atoms with E-state index >= 15 is 0 Å². The van der Waals surface area contributed by atoms with Crippen molar-refractivity contribution in [3.8, 4) is 5.75 Å². The van der Waals surface area contributed by atoms with Gasteiger partial charge in [-0.25, -0.2) is 0 Å². The first-order chi connectivity index (χ1) is 11.6. The number of halogens is 1. The lowest BCUT2D eigenvalue weighted by Crippen LogP contribution is -2.21. The van der Waals surface area contributed by atoms with Crippen molar-refractivity contribution in [3.05, 3.63) is 59.6 Å². The number of hydrogen-bond donors (Lipinski definition) is 1. The largest absolute Gasteiger partial charge is 0.494 e. The lowest BCUT2D eigenvalue weighted by atomic mass is 10.3. The number of benzene rings is 2. The summed E-state index contributed by atoms with van der Waals surface area (Å²) in [6.07, 6.45) is 0.716. The van der Waals surface area contributed by atoms with E-state index in [1.54, 1.807) is 24.3 Å². The van der Waals surface area contributed by atoms with Gasteiger partial charge in [0.2, 0.25) is 0 Å². The fraction of sp³-hybridized carbons (Fsp3) is 0.222. The van der Waals surface area contributed by atoms with Crippen LogP contribution in [0.5, 0.6) is 5.75 Å². The summed E-state index contributed by atoms with van der Waals surface area (Å²) in [5.41, 5.74) is 0.594. The Kier molecular flexibility index (Phi) is 7.11. The number of carbonyl (C=O) groups is 2. The molecule has 0 fully saturated rings. The predicted octanol–water partition coefficient (Wildman–Crippen LogP) is 3.68. The van der Waals surface area contributed by atoms with Crippen molar-refractivity contribution >= 4 is 29.2 Å². The van der Waals surface area contributed by atoms with Gasteiger partial charge >= 0.3 is 5.97 Å². The average molecular weight is 348 g/mol. The van der Waals surface area contributed by atoms with Crippen LogP contribution in [-0.2, 0) is 14.3 Å². The molecule has 1 amide bonds. The second kappa shape index (κ2) is 9.57. The maximum absolute atomic E-state index is 11.7. The van der Waals surface area contributed by atoms with Gasteiger partial charge in [-0.05, 0) is 42.8 Å². The zero-order valence-electron chi connectivity index (χ0n) is 13.0. The smallest absolute Gasteiger partial charge is 0.306 e. The topological polar surface area (TPSA) is 64.6 Å². The van der Waals surface area contributed by atoms with Crippen LogP contribution in [0.3, 0.4) is 0 Å². The molecular formula is C18H18ClNO4. The zero-order valence-corrected chi connectivity index (χ0v) is 13.8. The summed E-state index contributed by atoms with van der Waals surface area (Å²) >= 11 is 5.76. The second-order valence-electron chi connectivity index (χ2n) is 4.98. The van der Waals surface area contributed by atoms with Crippen LogP contribution >= 0.6 is 11.6 Å². The predicted molar refractivity (Wildman–Crippen MR) is 92.2 cm³/mol. The molecule has 2 aromatic rings. The Bertz CT molecular complexity index is 658. The van der Waals surface area contributed by atoms with Gasteiger partial charge in [0, 0.05) is 17.1 Å². The Hall–Kier alpha value is -2.53. The van der Waals surface area contributed by atoms with E-state index in [1.807, 2.05) is 30.3 Å². The fourth-order valence-corrected chi connectivity index (χ4v) is 2.00. The summed E-state index contributed by atoms with van der Waals surface area (Å²) in [7, 11) is 0. The maximum Gasteiger partial charge on any atom is 0.306 e. The number of anilines is 1. The minimum absolute atomic E-state index is 0.195. The number of ether oxygens (including phenoxy) is 2. The molecule has 2 rings (SSSR count). The van der Waals surface area contributed by atoms with Crippen LogP contribution in [0.1, 0.15) is 12.8 Å². The first-order valence-corrected chi connectivity index (χ1v) is 7.90. The highest BCUT2D eigenvalue weighted by molar-refractivity contribution is 6.30. The van der Waals surface area contributed by atoms with Gasteiger partial charge in [-0.1, -0.05) is 29.8 Å². The highest BCUT2D eigenvalue weighted by Crippen LogP contribution is 2.13. The van der Waals surface area contributed by atoms with Crippen LogP contribution in [0.15, 0.2) is 54.6 Å². The molecule has 0 aliphatic carbocycles. The molecule has 0 saturated carbocycles. The van der Waals surface area contributed by atoms with E-state index in [0.29, 0.717) is 23.7 Å². The molecule has 6 heteroatoms.